The highest BCUT2D eigenvalue weighted by atomic mass is 79.9. The zero-order chi connectivity index (χ0) is 10.2. The summed E-state index contributed by atoms with van der Waals surface area (Å²) in [6, 6.07) is 2.56. The number of benzene rings is 1. The largest absolute Gasteiger partial charge is 0.417 e. The summed E-state index contributed by atoms with van der Waals surface area (Å²) >= 11 is 8.86. The Hall–Kier alpha value is 0.450. The first-order valence-electron chi connectivity index (χ1n) is 3.04. The molecule has 0 amide bonds. The Bertz CT molecular complexity index is 332. The lowest BCUT2D eigenvalue weighted by atomic mass is 10.2. The zero-order valence-electron chi connectivity index (χ0n) is 5.92. The van der Waals surface area contributed by atoms with Gasteiger partial charge in [-0.2, -0.15) is 13.2 Å². The van der Waals surface area contributed by atoms with Crippen LogP contribution < -0.4 is 0 Å². The van der Waals surface area contributed by atoms with E-state index in [1.54, 1.807) is 6.07 Å². The molecule has 0 aliphatic heterocycles. The standard InChI is InChI=1S/C7H2Br3F3/c8-3-1-4(7(11,12)13)6(10)5(9)2-3/h1-2H. The van der Waals surface area contributed by atoms with Gasteiger partial charge >= 0.3 is 6.18 Å². The van der Waals surface area contributed by atoms with Gasteiger partial charge in [-0.1, -0.05) is 15.9 Å². The van der Waals surface area contributed by atoms with E-state index < -0.39 is 11.7 Å². The monoisotopic (exact) mass is 380 g/mol. The Morgan fingerprint density at radius 2 is 1.54 bits per heavy atom. The minimum atomic E-state index is -4.34. The van der Waals surface area contributed by atoms with Crippen LogP contribution in [0, 0.1) is 0 Å². The summed E-state index contributed by atoms with van der Waals surface area (Å²) in [5, 5.41) is 0. The SMILES string of the molecule is FC(F)(F)c1cc(Br)cc(Br)c1Br. The molecule has 0 aromatic heterocycles. The molecule has 0 nitrogen and oxygen atoms in total. The van der Waals surface area contributed by atoms with Crippen molar-refractivity contribution in [3.8, 4) is 0 Å². The van der Waals surface area contributed by atoms with Crippen LogP contribution in [0.1, 0.15) is 5.56 Å². The van der Waals surface area contributed by atoms with Crippen LogP contribution in [0.25, 0.3) is 0 Å². The predicted octanol–water partition coefficient (Wildman–Crippen LogP) is 4.99. The van der Waals surface area contributed by atoms with Crippen molar-refractivity contribution in [2.75, 3.05) is 0 Å². The normalized spacial score (nSPS) is 11.8. The number of hydrogen-bond acceptors (Lipinski definition) is 0. The van der Waals surface area contributed by atoms with Gasteiger partial charge in [-0.15, -0.1) is 0 Å². The molecule has 0 N–H and O–H groups in total. The van der Waals surface area contributed by atoms with Gasteiger partial charge in [0.25, 0.3) is 0 Å². The molecule has 0 aliphatic carbocycles. The molecule has 1 aromatic carbocycles. The molecule has 0 unspecified atom stereocenters. The van der Waals surface area contributed by atoms with Gasteiger partial charge in [0.15, 0.2) is 0 Å². The molecule has 6 heteroatoms. The van der Waals surface area contributed by atoms with E-state index >= 15 is 0 Å². The number of halogens is 6. The van der Waals surface area contributed by atoms with Gasteiger partial charge in [0.1, 0.15) is 0 Å². The van der Waals surface area contributed by atoms with Crippen LogP contribution in [-0.2, 0) is 6.18 Å². The summed E-state index contributed by atoms with van der Waals surface area (Å²) in [5.41, 5.74) is -0.700. The van der Waals surface area contributed by atoms with Crippen molar-refractivity contribution in [1.82, 2.24) is 0 Å². The Balaban J connectivity index is 3.37. The summed E-state index contributed by atoms with van der Waals surface area (Å²) in [6.45, 7) is 0. The van der Waals surface area contributed by atoms with Crippen LogP contribution >= 0.6 is 47.8 Å². The Labute approximate surface area is 97.9 Å². The van der Waals surface area contributed by atoms with Crippen molar-refractivity contribution in [3.63, 3.8) is 0 Å². The van der Waals surface area contributed by atoms with Gasteiger partial charge in [0.05, 0.1) is 5.56 Å². The Morgan fingerprint density at radius 1 is 1.00 bits per heavy atom. The third-order valence-corrected chi connectivity index (χ3v) is 3.77. The highest BCUT2D eigenvalue weighted by Crippen LogP contribution is 2.40. The first kappa shape index (κ1) is 11.5. The van der Waals surface area contributed by atoms with E-state index in [1.807, 2.05) is 0 Å². The summed E-state index contributed by atoms with van der Waals surface area (Å²) in [6.07, 6.45) is -4.34. The highest BCUT2D eigenvalue weighted by Gasteiger charge is 2.33. The zero-order valence-corrected chi connectivity index (χ0v) is 10.7. The maximum atomic E-state index is 12.3. The summed E-state index contributed by atoms with van der Waals surface area (Å²) in [4.78, 5) is 0. The van der Waals surface area contributed by atoms with Gasteiger partial charge in [0, 0.05) is 13.4 Å². The fourth-order valence-corrected chi connectivity index (χ4v) is 2.44. The van der Waals surface area contributed by atoms with E-state index in [-0.39, 0.29) is 4.47 Å². The van der Waals surface area contributed by atoms with Crippen LogP contribution in [0.15, 0.2) is 25.6 Å². The van der Waals surface area contributed by atoms with Crippen LogP contribution in [0.2, 0.25) is 0 Å². The summed E-state index contributed by atoms with van der Waals surface area (Å²) < 4.78 is 37.8. The average molecular weight is 383 g/mol. The number of alkyl halides is 3. The quantitative estimate of drug-likeness (QED) is 0.554. The summed E-state index contributed by atoms with van der Waals surface area (Å²) in [7, 11) is 0. The molecule has 72 valence electrons. The van der Waals surface area contributed by atoms with E-state index in [1.165, 1.54) is 0 Å². The molecule has 0 atom stereocenters. The minimum Gasteiger partial charge on any atom is -0.166 e. The average Bonchev–Trinajstić information content (AvgIpc) is 1.94. The van der Waals surface area contributed by atoms with E-state index in [9.17, 15) is 13.2 Å². The second-order valence-electron chi connectivity index (χ2n) is 2.25. The number of rotatable bonds is 0. The summed E-state index contributed by atoms with van der Waals surface area (Å²) in [5.74, 6) is 0. The number of hydrogen-bond donors (Lipinski definition) is 0. The van der Waals surface area contributed by atoms with Crippen molar-refractivity contribution in [2.24, 2.45) is 0 Å². The van der Waals surface area contributed by atoms with Gasteiger partial charge in [-0.25, -0.2) is 0 Å². The van der Waals surface area contributed by atoms with Crippen LogP contribution in [-0.4, -0.2) is 0 Å². The molecule has 0 aliphatic rings. The lowest BCUT2D eigenvalue weighted by molar-refractivity contribution is -0.138. The van der Waals surface area contributed by atoms with Gasteiger partial charge in [-0.05, 0) is 44.0 Å². The van der Waals surface area contributed by atoms with E-state index in [2.05, 4.69) is 47.8 Å². The molecule has 1 aromatic rings. The second-order valence-corrected chi connectivity index (χ2v) is 4.81. The molecule has 0 saturated carbocycles. The van der Waals surface area contributed by atoms with Crippen LogP contribution in [0.4, 0.5) is 13.2 Å². The fourth-order valence-electron chi connectivity index (χ4n) is 0.762. The van der Waals surface area contributed by atoms with Crippen LogP contribution in [0.3, 0.4) is 0 Å². The molecule has 0 radical (unpaired) electrons. The first-order chi connectivity index (χ1) is 5.82. The van der Waals surface area contributed by atoms with Crippen molar-refractivity contribution in [3.05, 3.63) is 31.1 Å². The lowest BCUT2D eigenvalue weighted by Gasteiger charge is -2.10. The highest BCUT2D eigenvalue weighted by molar-refractivity contribution is 9.13. The molecular weight excluding hydrogens is 381 g/mol. The maximum absolute atomic E-state index is 12.3. The van der Waals surface area contributed by atoms with Crippen molar-refractivity contribution in [2.45, 2.75) is 6.18 Å². The lowest BCUT2D eigenvalue weighted by Crippen LogP contribution is -2.06. The molecule has 0 heterocycles. The Morgan fingerprint density at radius 3 is 2.00 bits per heavy atom. The van der Waals surface area contributed by atoms with Gasteiger partial charge in [0.2, 0.25) is 0 Å². The molecular formula is C7H2Br3F3. The molecule has 1 rings (SSSR count). The molecule has 0 fully saturated rings. The van der Waals surface area contributed by atoms with E-state index in [0.717, 1.165) is 6.07 Å². The topological polar surface area (TPSA) is 0 Å². The van der Waals surface area contributed by atoms with Crippen LogP contribution in [0.5, 0.6) is 0 Å². The minimum absolute atomic E-state index is 0.0169. The molecule has 0 spiro atoms. The molecule has 0 saturated heterocycles. The molecule has 0 bridgehead atoms. The maximum Gasteiger partial charge on any atom is 0.417 e. The second kappa shape index (κ2) is 3.90. The van der Waals surface area contributed by atoms with Crippen molar-refractivity contribution in [1.29, 1.82) is 0 Å². The van der Waals surface area contributed by atoms with E-state index in [0.29, 0.717) is 8.95 Å². The van der Waals surface area contributed by atoms with Crippen molar-refractivity contribution >= 4 is 47.8 Å². The van der Waals surface area contributed by atoms with Crippen molar-refractivity contribution < 1.29 is 13.2 Å². The first-order valence-corrected chi connectivity index (χ1v) is 5.42. The Kier molecular flexibility index (Phi) is 3.46. The predicted molar refractivity (Wildman–Crippen MR) is 54.5 cm³/mol. The third-order valence-electron chi connectivity index (χ3n) is 1.30. The smallest absolute Gasteiger partial charge is 0.166 e. The van der Waals surface area contributed by atoms with Gasteiger partial charge in [-0.3, -0.25) is 0 Å². The fraction of sp³-hybridized carbons (Fsp3) is 0.143. The third kappa shape index (κ3) is 2.70. The molecule has 13 heavy (non-hydrogen) atoms. The van der Waals surface area contributed by atoms with E-state index in [4.69, 9.17) is 0 Å². The van der Waals surface area contributed by atoms with Gasteiger partial charge < -0.3 is 0 Å².